The highest BCUT2D eigenvalue weighted by Gasteiger charge is 2.16. The average Bonchev–Trinajstić information content (AvgIpc) is 2.57. The average molecular weight is 251 g/mol. The number of carbonyl (C=O) groups excluding carboxylic acids is 2. The lowest BCUT2D eigenvalue weighted by Gasteiger charge is -2.18. The van der Waals surface area contributed by atoms with E-state index in [9.17, 15) is 9.59 Å². The SMILES string of the molecule is Cc1cc(C(=O)CN(C)CC(=O)N(C)C)c(C)[nH]1. The summed E-state index contributed by atoms with van der Waals surface area (Å²) in [7, 11) is 5.18. The van der Waals surface area contributed by atoms with Crippen molar-refractivity contribution in [1.82, 2.24) is 14.8 Å². The molecule has 0 fully saturated rings. The first kappa shape index (κ1) is 14.4. The molecule has 0 bridgehead atoms. The normalized spacial score (nSPS) is 10.8. The van der Waals surface area contributed by atoms with E-state index in [1.54, 1.807) is 26.0 Å². The van der Waals surface area contributed by atoms with E-state index in [4.69, 9.17) is 0 Å². The molecule has 100 valence electrons. The molecule has 0 aliphatic rings. The van der Waals surface area contributed by atoms with Crippen molar-refractivity contribution in [3.05, 3.63) is 23.0 Å². The van der Waals surface area contributed by atoms with Crippen molar-refractivity contribution < 1.29 is 9.59 Å². The molecule has 0 aromatic carbocycles. The minimum atomic E-state index is -0.00716. The third-order valence-electron chi connectivity index (χ3n) is 2.77. The largest absolute Gasteiger partial charge is 0.362 e. The molecule has 1 aromatic rings. The molecular formula is C13H21N3O2. The molecular weight excluding hydrogens is 230 g/mol. The minimum Gasteiger partial charge on any atom is -0.362 e. The van der Waals surface area contributed by atoms with Crippen molar-refractivity contribution in [2.45, 2.75) is 13.8 Å². The lowest BCUT2D eigenvalue weighted by Crippen LogP contribution is -2.37. The number of carbonyl (C=O) groups is 2. The number of hydrogen-bond acceptors (Lipinski definition) is 3. The van der Waals surface area contributed by atoms with Gasteiger partial charge in [-0.1, -0.05) is 0 Å². The van der Waals surface area contributed by atoms with E-state index < -0.39 is 0 Å². The van der Waals surface area contributed by atoms with E-state index >= 15 is 0 Å². The van der Waals surface area contributed by atoms with Crippen molar-refractivity contribution in [1.29, 1.82) is 0 Å². The van der Waals surface area contributed by atoms with Crippen LogP contribution in [0, 0.1) is 13.8 Å². The number of hydrogen-bond donors (Lipinski definition) is 1. The summed E-state index contributed by atoms with van der Waals surface area (Å²) in [5.41, 5.74) is 2.56. The van der Waals surface area contributed by atoms with Gasteiger partial charge in [-0.25, -0.2) is 0 Å². The van der Waals surface area contributed by atoms with Crippen LogP contribution in [0.5, 0.6) is 0 Å². The lowest BCUT2D eigenvalue weighted by atomic mass is 10.1. The van der Waals surface area contributed by atoms with E-state index in [1.165, 1.54) is 4.90 Å². The smallest absolute Gasteiger partial charge is 0.236 e. The van der Waals surface area contributed by atoms with Gasteiger partial charge in [0, 0.05) is 31.0 Å². The van der Waals surface area contributed by atoms with E-state index in [-0.39, 0.29) is 24.8 Å². The van der Waals surface area contributed by atoms with Crippen LogP contribution in [0.3, 0.4) is 0 Å². The van der Waals surface area contributed by atoms with Gasteiger partial charge >= 0.3 is 0 Å². The molecule has 5 nitrogen and oxygen atoms in total. The molecule has 0 spiro atoms. The van der Waals surface area contributed by atoms with E-state index in [0.29, 0.717) is 5.56 Å². The van der Waals surface area contributed by atoms with Crippen LogP contribution in [0.25, 0.3) is 0 Å². The Morgan fingerprint density at radius 1 is 1.17 bits per heavy atom. The van der Waals surface area contributed by atoms with E-state index in [2.05, 4.69) is 4.98 Å². The molecule has 0 saturated carbocycles. The van der Waals surface area contributed by atoms with Crippen molar-refractivity contribution >= 4 is 11.7 Å². The second-order valence-electron chi connectivity index (χ2n) is 4.87. The summed E-state index contributed by atoms with van der Waals surface area (Å²) >= 11 is 0. The highest BCUT2D eigenvalue weighted by molar-refractivity contribution is 5.99. The topological polar surface area (TPSA) is 56.4 Å². The van der Waals surface area contributed by atoms with Crippen LogP contribution >= 0.6 is 0 Å². The molecule has 18 heavy (non-hydrogen) atoms. The predicted octanol–water partition coefficient (Wildman–Crippen LogP) is 0.834. The molecule has 1 heterocycles. The van der Waals surface area contributed by atoms with Crippen LogP contribution in [0.2, 0.25) is 0 Å². The lowest BCUT2D eigenvalue weighted by molar-refractivity contribution is -0.129. The molecule has 0 aliphatic carbocycles. The highest BCUT2D eigenvalue weighted by Crippen LogP contribution is 2.10. The fraction of sp³-hybridized carbons (Fsp3) is 0.538. The Bertz CT molecular complexity index is 449. The molecule has 0 unspecified atom stereocenters. The zero-order chi connectivity index (χ0) is 13.9. The molecule has 0 aliphatic heterocycles. The first-order valence-corrected chi connectivity index (χ1v) is 5.89. The number of nitrogens with one attached hydrogen (secondary N) is 1. The summed E-state index contributed by atoms with van der Waals surface area (Å²) in [5, 5.41) is 0. The van der Waals surface area contributed by atoms with Gasteiger partial charge in [-0.3, -0.25) is 14.5 Å². The summed E-state index contributed by atoms with van der Waals surface area (Å²) in [6, 6.07) is 1.85. The molecule has 0 saturated heterocycles. The van der Waals surface area contributed by atoms with Gasteiger partial charge < -0.3 is 9.88 Å². The summed E-state index contributed by atoms with van der Waals surface area (Å²) < 4.78 is 0. The van der Waals surface area contributed by atoms with Crippen molar-refractivity contribution in [2.24, 2.45) is 0 Å². The maximum atomic E-state index is 12.1. The van der Waals surface area contributed by atoms with Crippen LogP contribution in [-0.4, -0.2) is 60.7 Å². The number of nitrogens with zero attached hydrogens (tertiary/aromatic N) is 2. The minimum absolute atomic E-state index is 0.00716. The quantitative estimate of drug-likeness (QED) is 0.789. The number of aromatic amines is 1. The van der Waals surface area contributed by atoms with Gasteiger partial charge in [0.05, 0.1) is 13.1 Å². The van der Waals surface area contributed by atoms with E-state index in [0.717, 1.165) is 11.4 Å². The number of aryl methyl sites for hydroxylation is 2. The number of Topliss-reactive ketones (excluding diaryl/α,β-unsaturated/α-hetero) is 1. The fourth-order valence-electron chi connectivity index (χ4n) is 1.77. The maximum absolute atomic E-state index is 12.1. The van der Waals surface area contributed by atoms with Gasteiger partial charge in [-0.15, -0.1) is 0 Å². The Kier molecular flexibility index (Phi) is 4.67. The van der Waals surface area contributed by atoms with Gasteiger partial charge in [0.15, 0.2) is 5.78 Å². The third kappa shape index (κ3) is 3.70. The van der Waals surface area contributed by atoms with Crippen LogP contribution in [0.1, 0.15) is 21.7 Å². The third-order valence-corrected chi connectivity index (χ3v) is 2.77. The molecule has 1 N–H and O–H groups in total. The maximum Gasteiger partial charge on any atom is 0.236 e. The van der Waals surface area contributed by atoms with E-state index in [1.807, 2.05) is 19.9 Å². The number of aromatic nitrogens is 1. The van der Waals surface area contributed by atoms with Crippen LogP contribution in [0.15, 0.2) is 6.07 Å². The van der Waals surface area contributed by atoms with Gasteiger partial charge in [-0.2, -0.15) is 0 Å². The van der Waals surface area contributed by atoms with Crippen LogP contribution < -0.4 is 0 Å². The van der Waals surface area contributed by atoms with Crippen molar-refractivity contribution in [3.8, 4) is 0 Å². The monoisotopic (exact) mass is 251 g/mol. The predicted molar refractivity (Wildman–Crippen MR) is 70.8 cm³/mol. The van der Waals surface area contributed by atoms with Gasteiger partial charge in [0.2, 0.25) is 5.91 Å². The standard InChI is InChI=1S/C13H21N3O2/c1-9-6-11(10(2)14-9)12(17)7-16(5)8-13(18)15(3)4/h6,14H,7-8H2,1-5H3. The Morgan fingerprint density at radius 2 is 1.78 bits per heavy atom. The Hall–Kier alpha value is -1.62. The van der Waals surface area contributed by atoms with Gasteiger partial charge in [0.25, 0.3) is 0 Å². The van der Waals surface area contributed by atoms with Gasteiger partial charge in [-0.05, 0) is 27.0 Å². The molecule has 5 heteroatoms. The Balaban J connectivity index is 2.60. The number of H-pyrrole nitrogens is 1. The first-order valence-electron chi connectivity index (χ1n) is 5.89. The molecule has 0 atom stereocenters. The summed E-state index contributed by atoms with van der Waals surface area (Å²) in [5.74, 6) is 0.0261. The highest BCUT2D eigenvalue weighted by atomic mass is 16.2. The second kappa shape index (κ2) is 5.82. The van der Waals surface area contributed by atoms with Crippen molar-refractivity contribution in [2.75, 3.05) is 34.2 Å². The first-order chi connectivity index (χ1) is 8.31. The summed E-state index contributed by atoms with van der Waals surface area (Å²) in [6.45, 7) is 4.30. The summed E-state index contributed by atoms with van der Waals surface area (Å²) in [4.78, 5) is 29.9. The number of amides is 1. The fourth-order valence-corrected chi connectivity index (χ4v) is 1.77. The van der Waals surface area contributed by atoms with Crippen molar-refractivity contribution in [3.63, 3.8) is 0 Å². The van der Waals surface area contributed by atoms with Crippen LogP contribution in [0.4, 0.5) is 0 Å². The molecule has 0 radical (unpaired) electrons. The van der Waals surface area contributed by atoms with Crippen LogP contribution in [-0.2, 0) is 4.79 Å². The zero-order valence-corrected chi connectivity index (χ0v) is 11.7. The Morgan fingerprint density at radius 3 is 2.22 bits per heavy atom. The molecule has 1 rings (SSSR count). The number of likely N-dealkylation sites (N-methyl/N-ethyl adjacent to an activating group) is 2. The summed E-state index contributed by atoms with van der Waals surface area (Å²) in [6.07, 6.45) is 0. The second-order valence-corrected chi connectivity index (χ2v) is 4.87. The number of rotatable bonds is 5. The number of ketones is 1. The van der Waals surface area contributed by atoms with Gasteiger partial charge in [0.1, 0.15) is 0 Å². The Labute approximate surface area is 108 Å². The zero-order valence-electron chi connectivity index (χ0n) is 11.7. The molecule has 1 aromatic heterocycles. The molecule has 1 amide bonds.